The molecule has 3 rings (SSSR count). The van der Waals surface area contributed by atoms with Crippen LogP contribution in [0.15, 0.2) is 48.5 Å². The summed E-state index contributed by atoms with van der Waals surface area (Å²) in [5.74, 6) is 0.299. The lowest BCUT2D eigenvalue weighted by Gasteiger charge is -2.17. The number of nitrogens with zero attached hydrogens (tertiary/aromatic N) is 1. The van der Waals surface area contributed by atoms with Crippen molar-refractivity contribution in [1.82, 2.24) is 0 Å². The number of rotatable bonds is 7. The smallest absolute Gasteiger partial charge is 0.229 e. The Morgan fingerprint density at radius 1 is 1.11 bits per heavy atom. The lowest BCUT2D eigenvalue weighted by atomic mass is 10.1. The minimum Gasteiger partial charge on any atom is -0.494 e. The molecule has 0 radical (unpaired) electrons. The molecule has 0 aromatic heterocycles. The molecule has 1 N–H and O–H groups in total. The van der Waals surface area contributed by atoms with Crippen LogP contribution in [0.5, 0.6) is 5.75 Å². The predicted octanol–water partition coefficient (Wildman–Crippen LogP) is 4.03. The number of hydrogen-bond donors (Lipinski definition) is 1. The van der Waals surface area contributed by atoms with E-state index in [9.17, 15) is 9.59 Å². The summed E-state index contributed by atoms with van der Waals surface area (Å²) in [6.07, 6.45) is 2.14. The summed E-state index contributed by atoms with van der Waals surface area (Å²) in [5, 5.41) is 2.92. The van der Waals surface area contributed by atoms with Crippen molar-refractivity contribution in [1.29, 1.82) is 0 Å². The second-order valence-corrected chi connectivity index (χ2v) is 6.79. The molecule has 1 atom stereocenters. The number of nitrogens with one attached hydrogen (secondary N) is 1. The van der Waals surface area contributed by atoms with Crippen LogP contribution in [0.4, 0.5) is 11.4 Å². The van der Waals surface area contributed by atoms with E-state index >= 15 is 0 Å². The molecule has 0 spiro atoms. The average molecular weight is 366 g/mol. The Balaban J connectivity index is 1.61. The van der Waals surface area contributed by atoms with Crippen LogP contribution in [-0.2, 0) is 16.0 Å². The van der Waals surface area contributed by atoms with Gasteiger partial charge in [0.2, 0.25) is 11.8 Å². The highest BCUT2D eigenvalue weighted by molar-refractivity contribution is 6.03. The molecule has 0 aliphatic carbocycles. The maximum atomic E-state index is 12.6. The number of anilines is 2. The van der Waals surface area contributed by atoms with Crippen LogP contribution in [0.25, 0.3) is 0 Å². The minimum absolute atomic E-state index is 0.0290. The molecule has 1 saturated heterocycles. The van der Waals surface area contributed by atoms with Crippen molar-refractivity contribution < 1.29 is 14.3 Å². The van der Waals surface area contributed by atoms with E-state index in [1.165, 1.54) is 5.56 Å². The van der Waals surface area contributed by atoms with Gasteiger partial charge < -0.3 is 15.0 Å². The number of aryl methyl sites for hydroxylation is 1. The van der Waals surface area contributed by atoms with Crippen molar-refractivity contribution in [2.24, 2.45) is 5.92 Å². The molecule has 0 saturated carbocycles. The highest BCUT2D eigenvalue weighted by atomic mass is 16.5. The lowest BCUT2D eigenvalue weighted by molar-refractivity contribution is -0.122. The summed E-state index contributed by atoms with van der Waals surface area (Å²) in [5.41, 5.74) is 2.79. The molecule has 1 aliphatic heterocycles. The quantitative estimate of drug-likeness (QED) is 0.805. The van der Waals surface area contributed by atoms with E-state index in [4.69, 9.17) is 4.74 Å². The number of ether oxygens (including phenoxy) is 1. The Morgan fingerprint density at radius 3 is 2.44 bits per heavy atom. The molecule has 5 heteroatoms. The molecule has 142 valence electrons. The SMILES string of the molecule is CCCOc1ccc(N2C[C@@H](C(=O)Nc3ccc(CC)cc3)CC2=O)cc1. The Hall–Kier alpha value is -2.82. The first kappa shape index (κ1) is 19.0. The van der Waals surface area contributed by atoms with Crippen molar-refractivity contribution in [3.05, 3.63) is 54.1 Å². The first-order valence-electron chi connectivity index (χ1n) is 9.53. The molecular weight excluding hydrogens is 340 g/mol. The van der Waals surface area contributed by atoms with Crippen LogP contribution in [0.2, 0.25) is 0 Å². The van der Waals surface area contributed by atoms with Gasteiger partial charge in [-0.1, -0.05) is 26.0 Å². The largest absolute Gasteiger partial charge is 0.494 e. The van der Waals surface area contributed by atoms with Gasteiger partial charge in [0.15, 0.2) is 0 Å². The molecule has 2 aromatic rings. The third kappa shape index (κ3) is 4.67. The van der Waals surface area contributed by atoms with E-state index in [-0.39, 0.29) is 24.2 Å². The van der Waals surface area contributed by atoms with E-state index in [0.717, 1.165) is 30.0 Å². The molecule has 0 unspecified atom stereocenters. The van der Waals surface area contributed by atoms with E-state index in [0.29, 0.717) is 13.2 Å². The van der Waals surface area contributed by atoms with Gasteiger partial charge in [0, 0.05) is 24.3 Å². The molecule has 1 heterocycles. The number of carbonyl (C=O) groups excluding carboxylic acids is 2. The third-order valence-electron chi connectivity index (χ3n) is 4.75. The number of amides is 2. The molecule has 1 aliphatic rings. The van der Waals surface area contributed by atoms with Crippen LogP contribution in [0.3, 0.4) is 0 Å². The van der Waals surface area contributed by atoms with Gasteiger partial charge in [0.1, 0.15) is 5.75 Å². The zero-order chi connectivity index (χ0) is 19.2. The maximum absolute atomic E-state index is 12.6. The van der Waals surface area contributed by atoms with Crippen LogP contribution in [-0.4, -0.2) is 25.0 Å². The second-order valence-electron chi connectivity index (χ2n) is 6.79. The summed E-state index contributed by atoms with van der Waals surface area (Å²) >= 11 is 0. The Bertz CT molecular complexity index is 784. The zero-order valence-electron chi connectivity index (χ0n) is 15.9. The maximum Gasteiger partial charge on any atom is 0.229 e. The van der Waals surface area contributed by atoms with Gasteiger partial charge in [0.05, 0.1) is 12.5 Å². The summed E-state index contributed by atoms with van der Waals surface area (Å²) in [4.78, 5) is 26.6. The zero-order valence-corrected chi connectivity index (χ0v) is 15.9. The van der Waals surface area contributed by atoms with E-state index in [1.807, 2.05) is 48.5 Å². The molecule has 2 amide bonds. The van der Waals surface area contributed by atoms with Crippen molar-refractivity contribution >= 4 is 23.2 Å². The number of hydrogen-bond acceptors (Lipinski definition) is 3. The summed E-state index contributed by atoms with van der Waals surface area (Å²) in [6.45, 7) is 5.21. The van der Waals surface area contributed by atoms with Gasteiger partial charge >= 0.3 is 0 Å². The topological polar surface area (TPSA) is 58.6 Å². The van der Waals surface area contributed by atoms with Crippen LogP contribution in [0, 0.1) is 5.92 Å². The molecule has 2 aromatic carbocycles. The fourth-order valence-electron chi connectivity index (χ4n) is 3.14. The number of carbonyl (C=O) groups is 2. The fraction of sp³-hybridized carbons (Fsp3) is 0.364. The van der Waals surface area contributed by atoms with Crippen molar-refractivity contribution in [2.75, 3.05) is 23.4 Å². The van der Waals surface area contributed by atoms with Gasteiger partial charge in [-0.15, -0.1) is 0 Å². The van der Waals surface area contributed by atoms with Crippen LogP contribution >= 0.6 is 0 Å². The standard InChI is InChI=1S/C22H26N2O3/c1-3-13-27-20-11-9-19(10-12-20)24-15-17(14-21(24)25)22(26)23-18-7-5-16(4-2)6-8-18/h5-12,17H,3-4,13-15H2,1-2H3,(H,23,26)/t17-/m0/s1. The first-order valence-corrected chi connectivity index (χ1v) is 9.53. The van der Waals surface area contributed by atoms with Crippen LogP contribution in [0.1, 0.15) is 32.3 Å². The Kier molecular flexibility index (Phi) is 6.12. The van der Waals surface area contributed by atoms with Crippen molar-refractivity contribution in [3.8, 4) is 5.75 Å². The predicted molar refractivity (Wildman–Crippen MR) is 107 cm³/mol. The van der Waals surface area contributed by atoms with E-state index < -0.39 is 0 Å². The van der Waals surface area contributed by atoms with Gasteiger partial charge in [-0.25, -0.2) is 0 Å². The van der Waals surface area contributed by atoms with Crippen molar-refractivity contribution in [3.63, 3.8) is 0 Å². The van der Waals surface area contributed by atoms with Gasteiger partial charge in [-0.2, -0.15) is 0 Å². The molecular formula is C22H26N2O3. The van der Waals surface area contributed by atoms with Gasteiger partial charge in [-0.05, 0) is 54.8 Å². The van der Waals surface area contributed by atoms with E-state index in [2.05, 4.69) is 19.2 Å². The molecule has 27 heavy (non-hydrogen) atoms. The normalized spacial score (nSPS) is 16.4. The average Bonchev–Trinajstić information content (AvgIpc) is 3.09. The first-order chi connectivity index (χ1) is 13.1. The van der Waals surface area contributed by atoms with E-state index in [1.54, 1.807) is 4.90 Å². The van der Waals surface area contributed by atoms with Gasteiger partial charge in [-0.3, -0.25) is 9.59 Å². The fourth-order valence-corrected chi connectivity index (χ4v) is 3.14. The Labute approximate surface area is 160 Å². The number of benzene rings is 2. The third-order valence-corrected chi connectivity index (χ3v) is 4.75. The molecule has 1 fully saturated rings. The van der Waals surface area contributed by atoms with Crippen LogP contribution < -0.4 is 15.0 Å². The summed E-state index contributed by atoms with van der Waals surface area (Å²) in [6, 6.07) is 15.3. The lowest BCUT2D eigenvalue weighted by Crippen LogP contribution is -2.28. The molecule has 0 bridgehead atoms. The summed E-state index contributed by atoms with van der Waals surface area (Å²) in [7, 11) is 0. The monoisotopic (exact) mass is 366 g/mol. The summed E-state index contributed by atoms with van der Waals surface area (Å²) < 4.78 is 5.57. The van der Waals surface area contributed by atoms with Gasteiger partial charge in [0.25, 0.3) is 0 Å². The highest BCUT2D eigenvalue weighted by Gasteiger charge is 2.35. The molecule has 5 nitrogen and oxygen atoms in total. The van der Waals surface area contributed by atoms with Crippen molar-refractivity contribution in [2.45, 2.75) is 33.1 Å². The minimum atomic E-state index is -0.348. The Morgan fingerprint density at radius 2 is 1.81 bits per heavy atom. The highest BCUT2D eigenvalue weighted by Crippen LogP contribution is 2.27. The second kappa shape index (κ2) is 8.71.